The highest BCUT2D eigenvalue weighted by Gasteiger charge is 2.14. The Kier molecular flexibility index (Phi) is 4.17. The Labute approximate surface area is 115 Å². The molecule has 0 amide bonds. The topological polar surface area (TPSA) is 34.0 Å². The number of hydrogen-bond acceptors (Lipinski definition) is 2. The van der Waals surface area contributed by atoms with Gasteiger partial charge in [0.1, 0.15) is 0 Å². The number of pyridine rings is 1. The molecule has 1 N–H and O–H groups in total. The molecule has 5 heteroatoms. The van der Waals surface area contributed by atoms with E-state index in [-0.39, 0.29) is 11.1 Å². The number of benzene rings is 1. The molecular weight excluding hydrogens is 262 g/mol. The molecule has 1 aromatic heterocycles. The Balaban J connectivity index is 2.25. The zero-order valence-corrected chi connectivity index (χ0v) is 11.4. The molecule has 0 radical (unpaired) electrons. The van der Waals surface area contributed by atoms with Crippen LogP contribution in [-0.2, 0) is 6.54 Å². The van der Waals surface area contributed by atoms with Crippen LogP contribution < -0.4 is 10.9 Å². The van der Waals surface area contributed by atoms with Crippen molar-refractivity contribution in [2.75, 3.05) is 5.32 Å². The monoisotopic (exact) mass is 278 g/mol. The fourth-order valence-electron chi connectivity index (χ4n) is 2.05. The molecule has 0 aliphatic rings. The van der Waals surface area contributed by atoms with Crippen molar-refractivity contribution in [3.63, 3.8) is 0 Å². The van der Waals surface area contributed by atoms with Gasteiger partial charge in [0.15, 0.2) is 11.6 Å². The summed E-state index contributed by atoms with van der Waals surface area (Å²) in [6, 6.07) is 6.75. The van der Waals surface area contributed by atoms with Gasteiger partial charge in [-0.25, -0.2) is 8.78 Å². The van der Waals surface area contributed by atoms with Crippen molar-refractivity contribution in [3.8, 4) is 0 Å². The zero-order valence-electron chi connectivity index (χ0n) is 11.4. The average molecular weight is 278 g/mol. The summed E-state index contributed by atoms with van der Waals surface area (Å²) in [4.78, 5) is 11.5. The van der Waals surface area contributed by atoms with Crippen LogP contribution in [0.25, 0.3) is 0 Å². The fourth-order valence-corrected chi connectivity index (χ4v) is 2.05. The Morgan fingerprint density at radius 1 is 1.25 bits per heavy atom. The minimum Gasteiger partial charge on any atom is -0.377 e. The molecule has 1 unspecified atom stereocenters. The number of aryl methyl sites for hydroxylation is 1. The maximum absolute atomic E-state index is 13.7. The van der Waals surface area contributed by atoms with Gasteiger partial charge in [-0.05, 0) is 26.0 Å². The van der Waals surface area contributed by atoms with E-state index in [0.29, 0.717) is 12.2 Å². The Bertz CT molecular complexity index is 667. The molecule has 2 rings (SSSR count). The second kappa shape index (κ2) is 5.86. The lowest BCUT2D eigenvalue weighted by molar-refractivity contribution is 0.494. The van der Waals surface area contributed by atoms with E-state index in [1.54, 1.807) is 19.2 Å². The summed E-state index contributed by atoms with van der Waals surface area (Å²) in [7, 11) is 0. The molecule has 0 fully saturated rings. The van der Waals surface area contributed by atoms with Crippen LogP contribution in [-0.4, -0.2) is 4.57 Å². The quantitative estimate of drug-likeness (QED) is 0.931. The minimum atomic E-state index is -0.866. The summed E-state index contributed by atoms with van der Waals surface area (Å²) in [5.74, 6) is -1.72. The first-order valence-corrected chi connectivity index (χ1v) is 6.44. The molecule has 1 aromatic carbocycles. The van der Waals surface area contributed by atoms with Crippen molar-refractivity contribution in [1.29, 1.82) is 0 Å². The second-order valence-electron chi connectivity index (χ2n) is 4.55. The first-order valence-electron chi connectivity index (χ1n) is 6.44. The highest BCUT2D eigenvalue weighted by atomic mass is 19.2. The third-order valence-corrected chi connectivity index (χ3v) is 3.16. The predicted molar refractivity (Wildman–Crippen MR) is 74.8 cm³/mol. The van der Waals surface area contributed by atoms with E-state index >= 15 is 0 Å². The van der Waals surface area contributed by atoms with Gasteiger partial charge in [0.2, 0.25) is 0 Å². The van der Waals surface area contributed by atoms with Gasteiger partial charge in [-0.1, -0.05) is 12.1 Å². The Hall–Kier alpha value is -2.17. The van der Waals surface area contributed by atoms with Crippen LogP contribution in [0, 0.1) is 11.6 Å². The van der Waals surface area contributed by atoms with Crippen LogP contribution in [0.1, 0.15) is 25.5 Å². The van der Waals surface area contributed by atoms with E-state index in [9.17, 15) is 13.6 Å². The SMILES string of the molecule is CCn1cc(NC(C)c2cccc(F)c2F)ccc1=O. The van der Waals surface area contributed by atoms with E-state index in [1.807, 2.05) is 6.92 Å². The summed E-state index contributed by atoms with van der Waals surface area (Å²) in [6.45, 7) is 4.15. The van der Waals surface area contributed by atoms with Crippen molar-refractivity contribution < 1.29 is 8.78 Å². The average Bonchev–Trinajstić information content (AvgIpc) is 2.43. The highest BCUT2D eigenvalue weighted by molar-refractivity contribution is 5.43. The van der Waals surface area contributed by atoms with Crippen molar-refractivity contribution in [1.82, 2.24) is 4.57 Å². The molecule has 0 saturated heterocycles. The zero-order chi connectivity index (χ0) is 14.7. The Morgan fingerprint density at radius 3 is 2.70 bits per heavy atom. The van der Waals surface area contributed by atoms with Crippen LogP contribution in [0.4, 0.5) is 14.5 Å². The standard InChI is InChI=1S/C15H16F2N2O/c1-3-19-9-11(7-8-14(19)20)18-10(2)12-5-4-6-13(16)15(12)17/h4-10,18H,3H2,1-2H3. The van der Waals surface area contributed by atoms with Crippen LogP contribution in [0.3, 0.4) is 0 Å². The molecule has 0 aliphatic heterocycles. The smallest absolute Gasteiger partial charge is 0.250 e. The molecule has 0 bridgehead atoms. The minimum absolute atomic E-state index is 0.0948. The molecule has 0 aliphatic carbocycles. The van der Waals surface area contributed by atoms with Gasteiger partial charge in [0.25, 0.3) is 5.56 Å². The second-order valence-corrected chi connectivity index (χ2v) is 4.55. The summed E-state index contributed by atoms with van der Waals surface area (Å²) in [5, 5.41) is 3.06. The number of nitrogens with one attached hydrogen (secondary N) is 1. The summed E-state index contributed by atoms with van der Waals surface area (Å²) < 4.78 is 28.4. The van der Waals surface area contributed by atoms with E-state index < -0.39 is 17.7 Å². The molecule has 0 saturated carbocycles. The largest absolute Gasteiger partial charge is 0.377 e. The van der Waals surface area contributed by atoms with Crippen LogP contribution in [0.5, 0.6) is 0 Å². The van der Waals surface area contributed by atoms with Gasteiger partial charge in [0, 0.05) is 24.4 Å². The Morgan fingerprint density at radius 2 is 2.00 bits per heavy atom. The number of aromatic nitrogens is 1. The third kappa shape index (κ3) is 2.87. The van der Waals surface area contributed by atoms with E-state index in [1.165, 1.54) is 22.8 Å². The van der Waals surface area contributed by atoms with Gasteiger partial charge in [-0.15, -0.1) is 0 Å². The van der Waals surface area contributed by atoms with Crippen molar-refractivity contribution in [3.05, 3.63) is 64.1 Å². The fraction of sp³-hybridized carbons (Fsp3) is 0.267. The van der Waals surface area contributed by atoms with Gasteiger partial charge in [-0.3, -0.25) is 4.79 Å². The molecule has 1 atom stereocenters. The van der Waals surface area contributed by atoms with E-state index in [4.69, 9.17) is 0 Å². The predicted octanol–water partition coefficient (Wildman–Crippen LogP) is 3.32. The lowest BCUT2D eigenvalue weighted by atomic mass is 10.1. The molecule has 3 nitrogen and oxygen atoms in total. The van der Waals surface area contributed by atoms with Gasteiger partial charge in [-0.2, -0.15) is 0 Å². The van der Waals surface area contributed by atoms with Crippen LogP contribution >= 0.6 is 0 Å². The molecule has 106 valence electrons. The third-order valence-electron chi connectivity index (χ3n) is 3.16. The number of halogens is 2. The lowest BCUT2D eigenvalue weighted by Gasteiger charge is -2.17. The normalized spacial score (nSPS) is 12.2. The van der Waals surface area contributed by atoms with Crippen LogP contribution in [0.2, 0.25) is 0 Å². The molecule has 2 aromatic rings. The molecule has 0 spiro atoms. The van der Waals surface area contributed by atoms with Crippen molar-refractivity contribution in [2.24, 2.45) is 0 Å². The first-order chi connectivity index (χ1) is 9.52. The molecular formula is C15H16F2N2O. The molecule has 20 heavy (non-hydrogen) atoms. The van der Waals surface area contributed by atoms with E-state index in [2.05, 4.69) is 5.32 Å². The van der Waals surface area contributed by atoms with Crippen molar-refractivity contribution >= 4 is 5.69 Å². The van der Waals surface area contributed by atoms with Gasteiger partial charge in [0.05, 0.1) is 11.7 Å². The van der Waals surface area contributed by atoms with E-state index in [0.717, 1.165) is 6.07 Å². The number of rotatable bonds is 4. The lowest BCUT2D eigenvalue weighted by Crippen LogP contribution is -2.18. The number of nitrogens with zero attached hydrogens (tertiary/aromatic N) is 1. The van der Waals surface area contributed by atoms with Crippen molar-refractivity contribution in [2.45, 2.75) is 26.4 Å². The summed E-state index contributed by atoms with van der Waals surface area (Å²) in [5.41, 5.74) is 0.837. The van der Waals surface area contributed by atoms with Crippen LogP contribution in [0.15, 0.2) is 41.3 Å². The maximum atomic E-state index is 13.7. The van der Waals surface area contributed by atoms with Gasteiger partial charge >= 0.3 is 0 Å². The summed E-state index contributed by atoms with van der Waals surface area (Å²) in [6.07, 6.45) is 1.66. The first kappa shape index (κ1) is 14.2. The van der Waals surface area contributed by atoms with Gasteiger partial charge < -0.3 is 9.88 Å². The number of anilines is 1. The number of hydrogen-bond donors (Lipinski definition) is 1. The highest BCUT2D eigenvalue weighted by Crippen LogP contribution is 2.22. The summed E-state index contributed by atoms with van der Waals surface area (Å²) >= 11 is 0. The maximum Gasteiger partial charge on any atom is 0.250 e. The molecule has 1 heterocycles.